The van der Waals surface area contributed by atoms with Crippen LogP contribution in [0, 0.1) is 13.8 Å². The van der Waals surface area contributed by atoms with E-state index >= 15 is 0 Å². The normalized spacial score (nSPS) is 13.6. The van der Waals surface area contributed by atoms with Crippen molar-refractivity contribution in [3.05, 3.63) is 35.4 Å². The van der Waals surface area contributed by atoms with Gasteiger partial charge in [0.15, 0.2) is 0 Å². The predicted octanol–water partition coefficient (Wildman–Crippen LogP) is 2.07. The Balaban J connectivity index is 0.000000265. The molecule has 0 fully saturated rings. The van der Waals surface area contributed by atoms with Gasteiger partial charge in [0.05, 0.1) is 0 Å². The molecule has 7 heteroatoms. The summed E-state index contributed by atoms with van der Waals surface area (Å²) in [6.45, 7) is 4.21. The van der Waals surface area contributed by atoms with Crippen LogP contribution in [0.4, 0.5) is 0 Å². The lowest BCUT2D eigenvalue weighted by molar-refractivity contribution is 0.371. The Labute approximate surface area is 89.6 Å². The van der Waals surface area contributed by atoms with Gasteiger partial charge in [0.25, 0.3) is 0 Å². The molecule has 1 rings (SSSR count). The van der Waals surface area contributed by atoms with Gasteiger partial charge in [-0.1, -0.05) is 35.4 Å². The maximum absolute atomic E-state index is 9.44. The highest BCUT2D eigenvalue weighted by Gasteiger charge is 1.93. The molecule has 86 valence electrons. The highest BCUT2D eigenvalue weighted by atomic mass is 31.2. The van der Waals surface area contributed by atoms with Gasteiger partial charge >= 0.3 is 16.5 Å². The van der Waals surface area contributed by atoms with E-state index in [1.54, 1.807) is 0 Å². The van der Waals surface area contributed by atoms with Gasteiger partial charge in [-0.25, -0.2) is 4.31 Å². The lowest BCUT2D eigenvalue weighted by Crippen LogP contribution is -1.71. The Bertz CT molecular complexity index is 323. The fraction of sp³-hybridized carbons (Fsp3) is 0.250. The highest BCUT2D eigenvalue weighted by Crippen LogP contribution is 2.30. The minimum Gasteiger partial charge on any atom is -0.326 e. The van der Waals surface area contributed by atoms with E-state index in [1.807, 2.05) is 0 Å². The van der Waals surface area contributed by atoms with E-state index in [9.17, 15) is 9.13 Å². The summed E-state index contributed by atoms with van der Waals surface area (Å²) < 4.78 is 22.3. The summed E-state index contributed by atoms with van der Waals surface area (Å²) in [5.41, 5.74) is 2.68. The van der Waals surface area contributed by atoms with Crippen molar-refractivity contribution in [2.75, 3.05) is 0 Å². The molecule has 5 nitrogen and oxygen atoms in total. The molecule has 0 aliphatic carbocycles. The maximum atomic E-state index is 9.44. The third-order valence-corrected chi connectivity index (χ3v) is 2.75. The standard InChI is InChI=1S/C8H10.H4O5P2/c1-7-4-3-5-8(2)6-7;1-6(2)5-7(3)4/h3-6H,1-2H3;6-7H,(H,1,2)(H,3,4). The van der Waals surface area contributed by atoms with Gasteiger partial charge in [-0.3, -0.25) is 9.13 Å². The van der Waals surface area contributed by atoms with Crippen LogP contribution in [0.5, 0.6) is 0 Å². The van der Waals surface area contributed by atoms with Crippen LogP contribution in [-0.4, -0.2) is 9.79 Å². The summed E-state index contributed by atoms with van der Waals surface area (Å²) >= 11 is 0. The second-order valence-corrected chi connectivity index (χ2v) is 4.67. The van der Waals surface area contributed by atoms with Crippen molar-refractivity contribution in [1.29, 1.82) is 0 Å². The first-order valence-corrected chi connectivity index (χ1v) is 6.61. The first kappa shape index (κ1) is 14.6. The number of benzene rings is 1. The quantitative estimate of drug-likeness (QED) is 0.787. The molecule has 0 saturated heterocycles. The number of hydrogen-bond donors (Lipinski definition) is 2. The van der Waals surface area contributed by atoms with E-state index in [-0.39, 0.29) is 0 Å². The van der Waals surface area contributed by atoms with Crippen LogP contribution in [0.25, 0.3) is 0 Å². The Morgan fingerprint density at radius 1 is 1.07 bits per heavy atom. The first-order valence-electron chi connectivity index (χ1n) is 4.09. The Morgan fingerprint density at radius 3 is 1.60 bits per heavy atom. The van der Waals surface area contributed by atoms with Crippen LogP contribution >= 0.6 is 16.5 Å². The minimum atomic E-state index is -3.20. The third-order valence-electron chi connectivity index (χ3n) is 1.35. The summed E-state index contributed by atoms with van der Waals surface area (Å²) in [5.74, 6) is 0. The largest absolute Gasteiger partial charge is 0.326 e. The van der Waals surface area contributed by atoms with Gasteiger partial charge in [0, 0.05) is 0 Å². The van der Waals surface area contributed by atoms with E-state index in [0.717, 1.165) is 0 Å². The molecule has 0 amide bonds. The lowest BCUT2D eigenvalue weighted by Gasteiger charge is -1.90. The van der Waals surface area contributed by atoms with E-state index in [1.165, 1.54) is 11.1 Å². The van der Waals surface area contributed by atoms with Gasteiger partial charge in [-0.05, 0) is 13.8 Å². The summed E-state index contributed by atoms with van der Waals surface area (Å²) in [5, 5.41) is 0. The molecule has 15 heavy (non-hydrogen) atoms. The lowest BCUT2D eigenvalue weighted by atomic mass is 10.2. The molecule has 2 N–H and O–H groups in total. The topological polar surface area (TPSA) is 83.8 Å². The average Bonchev–Trinajstić information content (AvgIpc) is 2.01. The fourth-order valence-electron chi connectivity index (χ4n) is 0.882. The number of rotatable bonds is 2. The monoisotopic (exact) mass is 252 g/mol. The Morgan fingerprint density at radius 2 is 1.47 bits per heavy atom. The van der Waals surface area contributed by atoms with Crippen molar-refractivity contribution in [3.8, 4) is 0 Å². The minimum absolute atomic E-state index is 1.34. The van der Waals surface area contributed by atoms with Crippen molar-refractivity contribution in [2.45, 2.75) is 13.8 Å². The molecule has 0 spiro atoms. The second kappa shape index (κ2) is 7.80. The molecule has 1 aromatic rings. The molecule has 2 atom stereocenters. The van der Waals surface area contributed by atoms with E-state index in [4.69, 9.17) is 9.79 Å². The molecule has 0 bridgehead atoms. The van der Waals surface area contributed by atoms with Gasteiger partial charge in [0.2, 0.25) is 0 Å². The van der Waals surface area contributed by atoms with Gasteiger partial charge in [0.1, 0.15) is 0 Å². The van der Waals surface area contributed by atoms with Crippen LogP contribution in [-0.2, 0) is 13.4 Å². The zero-order chi connectivity index (χ0) is 11.8. The second-order valence-electron chi connectivity index (χ2n) is 2.79. The van der Waals surface area contributed by atoms with Crippen molar-refractivity contribution in [2.24, 2.45) is 0 Å². The molecule has 0 radical (unpaired) electrons. The van der Waals surface area contributed by atoms with Crippen molar-refractivity contribution < 1.29 is 23.2 Å². The van der Waals surface area contributed by atoms with Crippen molar-refractivity contribution >= 4 is 16.5 Å². The number of aryl methyl sites for hydroxylation is 2. The van der Waals surface area contributed by atoms with E-state index in [0.29, 0.717) is 0 Å². The summed E-state index contributed by atoms with van der Waals surface area (Å²) in [4.78, 5) is 15.4. The molecule has 0 aromatic heterocycles. The fourth-order valence-corrected chi connectivity index (χ4v) is 1.48. The van der Waals surface area contributed by atoms with Crippen LogP contribution < -0.4 is 0 Å². The SMILES string of the molecule is Cc1cccc(C)c1.O=[PH](O)O[PH](=O)O. The van der Waals surface area contributed by atoms with Gasteiger partial charge < -0.3 is 9.79 Å². The van der Waals surface area contributed by atoms with Crippen LogP contribution in [0.15, 0.2) is 24.3 Å². The Hall–Kier alpha value is -0.440. The van der Waals surface area contributed by atoms with Gasteiger partial charge in [-0.15, -0.1) is 0 Å². The van der Waals surface area contributed by atoms with E-state index in [2.05, 4.69) is 42.4 Å². The van der Waals surface area contributed by atoms with E-state index < -0.39 is 16.5 Å². The smallest absolute Gasteiger partial charge is 0.323 e. The Kier molecular flexibility index (Phi) is 7.57. The first-order chi connectivity index (χ1) is 6.91. The zero-order valence-electron chi connectivity index (χ0n) is 8.43. The maximum Gasteiger partial charge on any atom is 0.323 e. The molecule has 0 aliphatic heterocycles. The number of hydrogen-bond acceptors (Lipinski definition) is 3. The average molecular weight is 252 g/mol. The van der Waals surface area contributed by atoms with Crippen LogP contribution in [0.1, 0.15) is 11.1 Å². The highest BCUT2D eigenvalue weighted by molar-refractivity contribution is 7.46. The molecular formula is C8H14O5P2. The summed E-state index contributed by atoms with van der Waals surface area (Å²) in [6.07, 6.45) is 0. The van der Waals surface area contributed by atoms with Crippen LogP contribution in [0.2, 0.25) is 0 Å². The van der Waals surface area contributed by atoms with Crippen LogP contribution in [0.3, 0.4) is 0 Å². The predicted molar refractivity (Wildman–Crippen MR) is 59.4 cm³/mol. The third kappa shape index (κ3) is 9.85. The summed E-state index contributed by atoms with van der Waals surface area (Å²) in [6, 6.07) is 8.45. The molecular weight excluding hydrogens is 238 g/mol. The van der Waals surface area contributed by atoms with Crippen molar-refractivity contribution in [1.82, 2.24) is 0 Å². The molecule has 2 unspecified atom stereocenters. The molecule has 0 heterocycles. The summed E-state index contributed by atoms with van der Waals surface area (Å²) in [7, 11) is -6.40. The zero-order valence-corrected chi connectivity index (χ0v) is 10.4. The van der Waals surface area contributed by atoms with Gasteiger partial charge in [-0.2, -0.15) is 0 Å². The molecule has 1 aromatic carbocycles. The van der Waals surface area contributed by atoms with Crippen molar-refractivity contribution in [3.63, 3.8) is 0 Å². The molecule has 0 saturated carbocycles. The molecule has 0 aliphatic rings.